The van der Waals surface area contributed by atoms with E-state index in [9.17, 15) is 0 Å². The molecule has 0 aliphatic heterocycles. The molecule has 0 aliphatic carbocycles. The van der Waals surface area contributed by atoms with Crippen LogP contribution in [0.5, 0.6) is 0 Å². The molecular formula is C14H21N3S. The SMILES string of the molecule is CCCNCc1cnc(C)n1CCc1ccsc1. The molecule has 0 saturated heterocycles. The summed E-state index contributed by atoms with van der Waals surface area (Å²) in [5.74, 6) is 1.11. The van der Waals surface area contributed by atoms with E-state index >= 15 is 0 Å². The van der Waals surface area contributed by atoms with Crippen molar-refractivity contribution in [2.24, 2.45) is 0 Å². The molecule has 0 amide bonds. The van der Waals surface area contributed by atoms with Crippen molar-refractivity contribution in [3.63, 3.8) is 0 Å². The van der Waals surface area contributed by atoms with E-state index in [4.69, 9.17) is 0 Å². The van der Waals surface area contributed by atoms with Gasteiger partial charge in [0.2, 0.25) is 0 Å². The Kier molecular flexibility index (Phi) is 4.96. The van der Waals surface area contributed by atoms with Gasteiger partial charge in [0.1, 0.15) is 5.82 Å². The Bertz CT molecular complexity index is 459. The summed E-state index contributed by atoms with van der Waals surface area (Å²) in [4.78, 5) is 4.42. The second kappa shape index (κ2) is 6.71. The minimum Gasteiger partial charge on any atom is -0.331 e. The van der Waals surface area contributed by atoms with Gasteiger partial charge in [0.05, 0.1) is 5.69 Å². The van der Waals surface area contributed by atoms with E-state index in [2.05, 4.69) is 45.5 Å². The van der Waals surface area contributed by atoms with E-state index in [1.807, 2.05) is 6.20 Å². The first-order valence-corrected chi connectivity index (χ1v) is 7.48. The van der Waals surface area contributed by atoms with E-state index in [0.717, 1.165) is 31.9 Å². The van der Waals surface area contributed by atoms with Crippen molar-refractivity contribution < 1.29 is 0 Å². The molecule has 1 N–H and O–H groups in total. The predicted octanol–water partition coefficient (Wildman–Crippen LogP) is 3.00. The Hall–Kier alpha value is -1.13. The van der Waals surface area contributed by atoms with E-state index in [1.165, 1.54) is 17.7 Å². The van der Waals surface area contributed by atoms with Gasteiger partial charge < -0.3 is 9.88 Å². The quantitative estimate of drug-likeness (QED) is 0.778. The third-order valence-corrected chi connectivity index (χ3v) is 3.81. The molecule has 18 heavy (non-hydrogen) atoms. The van der Waals surface area contributed by atoms with Gasteiger partial charge in [0.15, 0.2) is 0 Å². The zero-order valence-corrected chi connectivity index (χ0v) is 12.0. The molecule has 0 atom stereocenters. The van der Waals surface area contributed by atoms with Crippen LogP contribution in [0.2, 0.25) is 0 Å². The Labute approximate surface area is 113 Å². The van der Waals surface area contributed by atoms with Crippen molar-refractivity contribution in [3.05, 3.63) is 40.1 Å². The summed E-state index contributed by atoms with van der Waals surface area (Å²) in [7, 11) is 0. The smallest absolute Gasteiger partial charge is 0.105 e. The Balaban J connectivity index is 1.95. The fraction of sp³-hybridized carbons (Fsp3) is 0.500. The van der Waals surface area contributed by atoms with Crippen molar-refractivity contribution in [3.8, 4) is 0 Å². The maximum absolute atomic E-state index is 4.42. The van der Waals surface area contributed by atoms with Crippen molar-refractivity contribution in [2.75, 3.05) is 6.54 Å². The molecule has 2 rings (SSSR count). The molecule has 2 aromatic rings. The zero-order chi connectivity index (χ0) is 12.8. The van der Waals surface area contributed by atoms with Crippen LogP contribution in [-0.4, -0.2) is 16.1 Å². The fourth-order valence-electron chi connectivity index (χ4n) is 2.03. The van der Waals surface area contributed by atoms with Gasteiger partial charge in [-0.3, -0.25) is 0 Å². The number of hydrogen-bond acceptors (Lipinski definition) is 3. The summed E-state index contributed by atoms with van der Waals surface area (Å²) in [6.45, 7) is 7.27. The van der Waals surface area contributed by atoms with Crippen LogP contribution in [0.4, 0.5) is 0 Å². The fourth-order valence-corrected chi connectivity index (χ4v) is 2.73. The van der Waals surface area contributed by atoms with Crippen LogP contribution in [0.25, 0.3) is 0 Å². The van der Waals surface area contributed by atoms with Gasteiger partial charge in [-0.1, -0.05) is 6.92 Å². The lowest BCUT2D eigenvalue weighted by molar-refractivity contribution is 0.595. The normalized spacial score (nSPS) is 11.0. The van der Waals surface area contributed by atoms with Crippen LogP contribution < -0.4 is 5.32 Å². The summed E-state index contributed by atoms with van der Waals surface area (Å²) < 4.78 is 2.32. The molecule has 0 spiro atoms. The van der Waals surface area contributed by atoms with Crippen LogP contribution in [0.1, 0.15) is 30.4 Å². The highest BCUT2D eigenvalue weighted by Crippen LogP contribution is 2.11. The third kappa shape index (κ3) is 3.43. The standard InChI is InChI=1S/C14H21N3S/c1-3-6-15-9-14-10-16-12(2)17(14)7-4-13-5-8-18-11-13/h5,8,10-11,15H,3-4,6-7,9H2,1-2H3. The van der Waals surface area contributed by atoms with Crippen LogP contribution in [-0.2, 0) is 19.5 Å². The molecule has 4 heteroatoms. The Morgan fingerprint density at radius 2 is 2.33 bits per heavy atom. The second-order valence-electron chi connectivity index (χ2n) is 4.51. The van der Waals surface area contributed by atoms with Gasteiger partial charge in [-0.05, 0) is 48.7 Å². The number of imidazole rings is 1. The summed E-state index contributed by atoms with van der Waals surface area (Å²) >= 11 is 1.76. The molecule has 98 valence electrons. The lowest BCUT2D eigenvalue weighted by atomic mass is 10.2. The van der Waals surface area contributed by atoms with E-state index in [1.54, 1.807) is 11.3 Å². The summed E-state index contributed by atoms with van der Waals surface area (Å²) in [5, 5.41) is 7.80. The molecule has 0 unspecified atom stereocenters. The molecule has 0 bridgehead atoms. The van der Waals surface area contributed by atoms with Gasteiger partial charge in [-0.25, -0.2) is 4.98 Å². The first-order valence-electron chi connectivity index (χ1n) is 6.54. The van der Waals surface area contributed by atoms with Crippen LogP contribution in [0.3, 0.4) is 0 Å². The topological polar surface area (TPSA) is 29.9 Å². The highest BCUT2D eigenvalue weighted by atomic mass is 32.1. The zero-order valence-electron chi connectivity index (χ0n) is 11.1. The maximum atomic E-state index is 4.42. The van der Waals surface area contributed by atoms with Crippen LogP contribution >= 0.6 is 11.3 Å². The third-order valence-electron chi connectivity index (χ3n) is 3.07. The van der Waals surface area contributed by atoms with E-state index < -0.39 is 0 Å². The Morgan fingerprint density at radius 1 is 1.44 bits per heavy atom. The number of aromatic nitrogens is 2. The first kappa shape index (κ1) is 13.3. The largest absolute Gasteiger partial charge is 0.331 e. The van der Waals surface area contributed by atoms with Crippen LogP contribution in [0.15, 0.2) is 23.0 Å². The van der Waals surface area contributed by atoms with Crippen LogP contribution in [0, 0.1) is 6.92 Å². The van der Waals surface area contributed by atoms with Gasteiger partial charge in [-0.15, -0.1) is 0 Å². The average Bonchev–Trinajstić information content (AvgIpc) is 2.98. The van der Waals surface area contributed by atoms with Crippen molar-refractivity contribution in [1.82, 2.24) is 14.9 Å². The van der Waals surface area contributed by atoms with Gasteiger partial charge in [-0.2, -0.15) is 11.3 Å². The molecule has 0 aromatic carbocycles. The number of nitrogens with one attached hydrogen (secondary N) is 1. The second-order valence-corrected chi connectivity index (χ2v) is 5.29. The molecular weight excluding hydrogens is 242 g/mol. The molecule has 2 heterocycles. The highest BCUT2D eigenvalue weighted by molar-refractivity contribution is 7.07. The summed E-state index contributed by atoms with van der Waals surface area (Å²) in [6.07, 6.45) is 4.25. The molecule has 3 nitrogen and oxygen atoms in total. The van der Waals surface area contributed by atoms with Crippen molar-refractivity contribution in [2.45, 2.75) is 39.8 Å². The van der Waals surface area contributed by atoms with Gasteiger partial charge in [0, 0.05) is 19.3 Å². The molecule has 2 aromatic heterocycles. The number of rotatable bonds is 7. The van der Waals surface area contributed by atoms with Crippen molar-refractivity contribution >= 4 is 11.3 Å². The first-order chi connectivity index (χ1) is 8.81. The lowest BCUT2D eigenvalue weighted by Crippen LogP contribution is -2.17. The number of thiophene rings is 1. The summed E-state index contributed by atoms with van der Waals surface area (Å²) in [5.41, 5.74) is 2.71. The molecule has 0 fully saturated rings. The van der Waals surface area contributed by atoms with Gasteiger partial charge >= 0.3 is 0 Å². The van der Waals surface area contributed by atoms with E-state index in [-0.39, 0.29) is 0 Å². The predicted molar refractivity (Wildman–Crippen MR) is 77.0 cm³/mol. The van der Waals surface area contributed by atoms with Gasteiger partial charge in [0.25, 0.3) is 0 Å². The molecule has 0 aliphatic rings. The lowest BCUT2D eigenvalue weighted by Gasteiger charge is -2.10. The number of aryl methyl sites for hydroxylation is 2. The van der Waals surface area contributed by atoms with Crippen molar-refractivity contribution in [1.29, 1.82) is 0 Å². The monoisotopic (exact) mass is 263 g/mol. The average molecular weight is 263 g/mol. The minimum absolute atomic E-state index is 0.915. The van der Waals surface area contributed by atoms with E-state index in [0.29, 0.717) is 0 Å². The highest BCUT2D eigenvalue weighted by Gasteiger charge is 2.06. The molecule has 0 radical (unpaired) electrons. The maximum Gasteiger partial charge on any atom is 0.105 e. The number of nitrogens with zero attached hydrogens (tertiary/aromatic N) is 2. The Morgan fingerprint density at radius 3 is 3.06 bits per heavy atom. The molecule has 0 saturated carbocycles. The summed E-state index contributed by atoms with van der Waals surface area (Å²) in [6, 6.07) is 2.20. The number of hydrogen-bond donors (Lipinski definition) is 1. The minimum atomic E-state index is 0.915.